The average molecular weight is 496 g/mol. The highest BCUT2D eigenvalue weighted by Crippen LogP contribution is 2.35. The van der Waals surface area contributed by atoms with Gasteiger partial charge in [-0.15, -0.1) is 11.3 Å². The minimum Gasteiger partial charge on any atom is -0.465 e. The van der Waals surface area contributed by atoms with Crippen LogP contribution in [0.15, 0.2) is 47.1 Å². The monoisotopic (exact) mass is 495 g/mol. The van der Waals surface area contributed by atoms with E-state index in [2.05, 4.69) is 20.6 Å². The molecule has 3 aromatic heterocycles. The highest BCUT2D eigenvalue weighted by atomic mass is 32.1. The normalized spacial score (nSPS) is 11.5. The van der Waals surface area contributed by atoms with Gasteiger partial charge in [-0.2, -0.15) is 0 Å². The second-order valence-corrected chi connectivity index (χ2v) is 8.80. The quantitative estimate of drug-likeness (QED) is 0.286. The Hall–Kier alpha value is -3.96. The van der Waals surface area contributed by atoms with Crippen LogP contribution in [0.3, 0.4) is 0 Å². The Kier molecular flexibility index (Phi) is 7.28. The zero-order valence-electron chi connectivity index (χ0n) is 19.2. The predicted molar refractivity (Wildman–Crippen MR) is 129 cm³/mol. The maximum atomic E-state index is 13.4. The Balaban J connectivity index is 1.56. The van der Waals surface area contributed by atoms with E-state index in [1.54, 1.807) is 12.1 Å². The number of nitrogens with one attached hydrogen (secondary N) is 1. The van der Waals surface area contributed by atoms with Crippen LogP contribution in [0, 0.1) is 12.7 Å². The average Bonchev–Trinajstić information content (AvgIpc) is 3.40. The number of nitrogens with zero attached hydrogens (tertiary/aromatic N) is 4. The summed E-state index contributed by atoms with van der Waals surface area (Å²) in [7, 11) is 3.20. The Labute approximate surface area is 204 Å². The highest BCUT2D eigenvalue weighted by molar-refractivity contribution is 7.21. The first-order chi connectivity index (χ1) is 16.8. The van der Waals surface area contributed by atoms with Crippen LogP contribution < -0.4 is 5.32 Å². The Bertz CT molecular complexity index is 1410. The summed E-state index contributed by atoms with van der Waals surface area (Å²) in [6, 6.07) is 9.51. The van der Waals surface area contributed by atoms with Crippen molar-refractivity contribution in [2.75, 3.05) is 19.5 Å². The number of hydrogen-bond acceptors (Lipinski definition) is 9. The number of aryl methyl sites for hydroxylation is 1. The van der Waals surface area contributed by atoms with E-state index in [1.165, 1.54) is 31.4 Å². The number of carbonyl (C=O) groups is 2. The molecular formula is C24H22FN5O4S. The molecule has 0 fully saturated rings. The minimum absolute atomic E-state index is 0.234. The SMILES string of the molecule is COC(=O)c1sc2nc(CN(C)Cc3nonc3C)ccc2c1NC(=O)C=Cc1cccc(F)c1. The molecule has 0 aliphatic carbocycles. The molecule has 11 heteroatoms. The molecule has 4 rings (SSSR count). The fraction of sp³-hybridized carbons (Fsp3) is 0.208. The maximum absolute atomic E-state index is 13.4. The van der Waals surface area contributed by atoms with Gasteiger partial charge in [0.2, 0.25) is 5.91 Å². The zero-order chi connectivity index (χ0) is 24.9. The van der Waals surface area contributed by atoms with Gasteiger partial charge in [0.1, 0.15) is 26.9 Å². The molecule has 180 valence electrons. The summed E-state index contributed by atoms with van der Waals surface area (Å²) in [6.07, 6.45) is 2.76. The van der Waals surface area contributed by atoms with E-state index in [0.717, 1.165) is 28.4 Å². The number of thiophene rings is 1. The van der Waals surface area contributed by atoms with Crippen LogP contribution in [-0.2, 0) is 22.6 Å². The molecule has 0 atom stereocenters. The van der Waals surface area contributed by atoms with E-state index in [9.17, 15) is 14.0 Å². The molecule has 3 heterocycles. The summed E-state index contributed by atoms with van der Waals surface area (Å²) >= 11 is 1.13. The molecule has 1 aromatic carbocycles. The molecule has 0 aliphatic heterocycles. The number of carbonyl (C=O) groups excluding carboxylic acids is 2. The van der Waals surface area contributed by atoms with Crippen molar-refractivity contribution in [2.45, 2.75) is 20.0 Å². The number of ether oxygens (including phenoxy) is 1. The lowest BCUT2D eigenvalue weighted by molar-refractivity contribution is -0.111. The van der Waals surface area contributed by atoms with Crippen LogP contribution in [0.1, 0.15) is 32.3 Å². The molecule has 0 aliphatic rings. The number of methoxy groups -OCH3 is 1. The largest absolute Gasteiger partial charge is 0.465 e. The van der Waals surface area contributed by atoms with Crippen LogP contribution in [-0.4, -0.2) is 46.2 Å². The number of rotatable bonds is 8. The lowest BCUT2D eigenvalue weighted by atomic mass is 10.2. The second-order valence-electron chi connectivity index (χ2n) is 7.80. The number of aromatic nitrogens is 3. The fourth-order valence-electron chi connectivity index (χ4n) is 3.39. The smallest absolute Gasteiger partial charge is 0.350 e. The second kappa shape index (κ2) is 10.5. The Morgan fingerprint density at radius 1 is 1.23 bits per heavy atom. The van der Waals surface area contributed by atoms with Crippen molar-refractivity contribution in [2.24, 2.45) is 0 Å². The van der Waals surface area contributed by atoms with Crippen LogP contribution >= 0.6 is 11.3 Å². The fourth-order valence-corrected chi connectivity index (χ4v) is 4.46. The Morgan fingerprint density at radius 3 is 2.77 bits per heavy atom. The number of fused-ring (bicyclic) bond motifs is 1. The molecule has 1 amide bonds. The van der Waals surface area contributed by atoms with Gasteiger partial charge in [-0.25, -0.2) is 18.8 Å². The van der Waals surface area contributed by atoms with E-state index in [4.69, 9.17) is 9.37 Å². The zero-order valence-corrected chi connectivity index (χ0v) is 20.1. The first kappa shape index (κ1) is 24.2. The van der Waals surface area contributed by atoms with Gasteiger partial charge in [0.25, 0.3) is 0 Å². The van der Waals surface area contributed by atoms with Crippen molar-refractivity contribution < 1.29 is 23.3 Å². The first-order valence-corrected chi connectivity index (χ1v) is 11.4. The van der Waals surface area contributed by atoms with Crippen LogP contribution in [0.4, 0.5) is 10.1 Å². The van der Waals surface area contributed by atoms with Gasteiger partial charge < -0.3 is 10.1 Å². The predicted octanol–water partition coefficient (Wildman–Crippen LogP) is 4.20. The number of hydrogen-bond donors (Lipinski definition) is 1. The van der Waals surface area contributed by atoms with Gasteiger partial charge in [-0.3, -0.25) is 9.69 Å². The number of anilines is 1. The summed E-state index contributed by atoms with van der Waals surface area (Å²) in [5.41, 5.74) is 3.11. The molecule has 0 spiro atoms. The third-order valence-corrected chi connectivity index (χ3v) is 6.19. The van der Waals surface area contributed by atoms with Crippen molar-refractivity contribution in [1.82, 2.24) is 20.2 Å². The van der Waals surface area contributed by atoms with Gasteiger partial charge >= 0.3 is 5.97 Å². The van der Waals surface area contributed by atoms with Crippen LogP contribution in [0.25, 0.3) is 16.3 Å². The Morgan fingerprint density at radius 2 is 2.06 bits per heavy atom. The first-order valence-electron chi connectivity index (χ1n) is 10.6. The van der Waals surface area contributed by atoms with Crippen molar-refractivity contribution in [3.05, 3.63) is 75.8 Å². The van der Waals surface area contributed by atoms with Gasteiger partial charge in [-0.05, 0) is 49.9 Å². The summed E-state index contributed by atoms with van der Waals surface area (Å²) in [4.78, 5) is 32.5. The summed E-state index contributed by atoms with van der Waals surface area (Å²) < 4.78 is 23.0. The van der Waals surface area contributed by atoms with Crippen LogP contribution in [0.2, 0.25) is 0 Å². The molecule has 9 nitrogen and oxygen atoms in total. The van der Waals surface area contributed by atoms with Crippen molar-refractivity contribution >= 4 is 45.2 Å². The molecule has 0 saturated carbocycles. The summed E-state index contributed by atoms with van der Waals surface area (Å²) in [5, 5.41) is 11.0. The maximum Gasteiger partial charge on any atom is 0.350 e. The van der Waals surface area contributed by atoms with Crippen molar-refractivity contribution in [3.63, 3.8) is 0 Å². The molecule has 0 radical (unpaired) electrons. The van der Waals surface area contributed by atoms with E-state index < -0.39 is 17.7 Å². The summed E-state index contributed by atoms with van der Waals surface area (Å²) in [5.74, 6) is -1.45. The topological polar surface area (TPSA) is 110 Å². The van der Waals surface area contributed by atoms with E-state index in [0.29, 0.717) is 34.6 Å². The van der Waals surface area contributed by atoms with Crippen molar-refractivity contribution in [1.29, 1.82) is 0 Å². The third-order valence-electron chi connectivity index (χ3n) is 5.11. The lowest BCUT2D eigenvalue weighted by Crippen LogP contribution is -2.18. The number of pyridine rings is 1. The standard InChI is InChI=1S/C24H22FN5O4S/c1-14-19(29-34-28-14)13-30(2)12-17-8-9-18-21(22(24(32)33-3)35-23(18)26-17)27-20(31)10-7-15-5-4-6-16(25)11-15/h4-11H,12-13H2,1-3H3,(H,27,31). The molecule has 4 aromatic rings. The molecule has 35 heavy (non-hydrogen) atoms. The van der Waals surface area contributed by atoms with E-state index in [-0.39, 0.29) is 4.88 Å². The summed E-state index contributed by atoms with van der Waals surface area (Å²) in [6.45, 7) is 2.88. The van der Waals surface area contributed by atoms with Crippen molar-refractivity contribution in [3.8, 4) is 0 Å². The number of amides is 1. The molecular weight excluding hydrogens is 473 g/mol. The van der Waals surface area contributed by atoms with Gasteiger partial charge in [0.05, 0.1) is 18.5 Å². The van der Waals surface area contributed by atoms with Gasteiger partial charge in [-0.1, -0.05) is 22.4 Å². The molecule has 0 unspecified atom stereocenters. The van der Waals surface area contributed by atoms with E-state index >= 15 is 0 Å². The van der Waals surface area contributed by atoms with Gasteiger partial charge in [0, 0.05) is 24.6 Å². The number of benzene rings is 1. The molecule has 0 bridgehead atoms. The minimum atomic E-state index is -0.579. The number of esters is 1. The number of halogens is 1. The lowest BCUT2D eigenvalue weighted by Gasteiger charge is -2.14. The van der Waals surface area contributed by atoms with E-state index in [1.807, 2.05) is 31.0 Å². The third kappa shape index (κ3) is 5.76. The highest BCUT2D eigenvalue weighted by Gasteiger charge is 2.21. The molecule has 0 saturated heterocycles. The van der Waals surface area contributed by atoms with Gasteiger partial charge in [0.15, 0.2) is 0 Å². The molecule has 1 N–H and O–H groups in total. The van der Waals surface area contributed by atoms with Crippen LogP contribution in [0.5, 0.6) is 0 Å².